The second-order valence-electron chi connectivity index (χ2n) is 3.22. The third kappa shape index (κ3) is 1.32. The van der Waals surface area contributed by atoms with E-state index in [2.05, 4.69) is 4.98 Å². The van der Waals surface area contributed by atoms with Crippen molar-refractivity contribution in [2.45, 2.75) is 6.92 Å². The van der Waals surface area contributed by atoms with Crippen molar-refractivity contribution in [3.63, 3.8) is 0 Å². The Kier molecular flexibility index (Phi) is 1.90. The SMILES string of the molecule is Cc1[nH]c2ccc([N+](=O)[O-])cc2c1C#N. The number of benzene rings is 1. The molecule has 0 saturated carbocycles. The van der Waals surface area contributed by atoms with E-state index in [1.807, 2.05) is 6.07 Å². The zero-order valence-corrected chi connectivity index (χ0v) is 7.94. The van der Waals surface area contributed by atoms with Crippen molar-refractivity contribution in [3.8, 4) is 6.07 Å². The van der Waals surface area contributed by atoms with Crippen molar-refractivity contribution in [1.29, 1.82) is 5.26 Å². The predicted octanol–water partition coefficient (Wildman–Crippen LogP) is 2.26. The Labute approximate surface area is 85.1 Å². The number of non-ortho nitro benzene ring substituents is 1. The molecule has 1 aromatic carbocycles. The Morgan fingerprint density at radius 3 is 2.87 bits per heavy atom. The molecule has 0 radical (unpaired) electrons. The van der Waals surface area contributed by atoms with Gasteiger partial charge in [-0.25, -0.2) is 0 Å². The van der Waals surface area contributed by atoms with E-state index in [-0.39, 0.29) is 5.69 Å². The second kappa shape index (κ2) is 3.10. The highest BCUT2D eigenvalue weighted by Gasteiger charge is 2.12. The van der Waals surface area contributed by atoms with Crippen LogP contribution in [0.5, 0.6) is 0 Å². The van der Waals surface area contributed by atoms with Gasteiger partial charge in [0.25, 0.3) is 5.69 Å². The van der Waals surface area contributed by atoms with Crippen LogP contribution in [0.2, 0.25) is 0 Å². The van der Waals surface area contributed by atoms with Gasteiger partial charge in [-0.1, -0.05) is 0 Å². The molecule has 2 aromatic rings. The normalized spacial score (nSPS) is 10.1. The maximum absolute atomic E-state index is 10.6. The Morgan fingerprint density at radius 2 is 2.27 bits per heavy atom. The molecule has 0 unspecified atom stereocenters. The highest BCUT2D eigenvalue weighted by molar-refractivity contribution is 5.88. The zero-order chi connectivity index (χ0) is 11.0. The first-order valence-corrected chi connectivity index (χ1v) is 4.30. The minimum Gasteiger partial charge on any atom is -0.357 e. The van der Waals surface area contributed by atoms with Gasteiger partial charge >= 0.3 is 0 Å². The smallest absolute Gasteiger partial charge is 0.270 e. The summed E-state index contributed by atoms with van der Waals surface area (Å²) in [4.78, 5) is 13.1. The van der Waals surface area contributed by atoms with Gasteiger partial charge in [-0.05, 0) is 13.0 Å². The van der Waals surface area contributed by atoms with E-state index >= 15 is 0 Å². The van der Waals surface area contributed by atoms with E-state index in [1.165, 1.54) is 12.1 Å². The number of H-pyrrole nitrogens is 1. The van der Waals surface area contributed by atoms with Crippen LogP contribution in [0.4, 0.5) is 5.69 Å². The van der Waals surface area contributed by atoms with Crippen molar-refractivity contribution >= 4 is 16.6 Å². The number of nitrogens with one attached hydrogen (secondary N) is 1. The average Bonchev–Trinajstić information content (AvgIpc) is 2.51. The fraction of sp³-hybridized carbons (Fsp3) is 0.100. The van der Waals surface area contributed by atoms with Crippen molar-refractivity contribution in [1.82, 2.24) is 4.98 Å². The van der Waals surface area contributed by atoms with Crippen molar-refractivity contribution in [2.24, 2.45) is 0 Å². The summed E-state index contributed by atoms with van der Waals surface area (Å²) in [6.45, 7) is 1.77. The zero-order valence-electron chi connectivity index (χ0n) is 7.94. The lowest BCUT2D eigenvalue weighted by Gasteiger charge is -1.91. The van der Waals surface area contributed by atoms with Gasteiger partial charge in [-0.2, -0.15) is 5.26 Å². The molecule has 0 fully saturated rings. The van der Waals surface area contributed by atoms with Crippen LogP contribution in [0.25, 0.3) is 10.9 Å². The highest BCUT2D eigenvalue weighted by Crippen LogP contribution is 2.25. The number of nitriles is 1. The van der Waals surface area contributed by atoms with Gasteiger partial charge < -0.3 is 4.98 Å². The predicted molar refractivity (Wildman–Crippen MR) is 54.4 cm³/mol. The Balaban J connectivity index is 2.80. The molecule has 1 heterocycles. The van der Waals surface area contributed by atoms with Crippen LogP contribution in [0.3, 0.4) is 0 Å². The highest BCUT2D eigenvalue weighted by atomic mass is 16.6. The first-order valence-electron chi connectivity index (χ1n) is 4.30. The maximum atomic E-state index is 10.6. The van der Waals surface area contributed by atoms with Crippen molar-refractivity contribution < 1.29 is 4.92 Å². The summed E-state index contributed by atoms with van der Waals surface area (Å²) >= 11 is 0. The quantitative estimate of drug-likeness (QED) is 0.567. The molecule has 0 atom stereocenters. The summed E-state index contributed by atoms with van der Waals surface area (Å²) in [6.07, 6.45) is 0. The fourth-order valence-electron chi connectivity index (χ4n) is 1.57. The van der Waals surface area contributed by atoms with Crippen LogP contribution in [-0.4, -0.2) is 9.91 Å². The number of nitro benzene ring substituents is 1. The van der Waals surface area contributed by atoms with E-state index in [0.717, 1.165) is 11.2 Å². The number of fused-ring (bicyclic) bond motifs is 1. The van der Waals surface area contributed by atoms with Gasteiger partial charge in [-0.15, -0.1) is 0 Å². The molecule has 74 valence electrons. The standard InChI is InChI=1S/C10H7N3O2/c1-6-9(5-11)8-4-7(13(14)15)2-3-10(8)12-6/h2-4,12H,1H3. The van der Waals surface area contributed by atoms with Crippen LogP contribution in [0.15, 0.2) is 18.2 Å². The minimum atomic E-state index is -0.469. The lowest BCUT2D eigenvalue weighted by molar-refractivity contribution is -0.384. The largest absolute Gasteiger partial charge is 0.357 e. The van der Waals surface area contributed by atoms with Gasteiger partial charge in [0.2, 0.25) is 0 Å². The summed E-state index contributed by atoms with van der Waals surface area (Å²) in [5.74, 6) is 0. The molecule has 0 saturated heterocycles. The molecule has 2 rings (SSSR count). The molecule has 1 N–H and O–H groups in total. The first-order chi connectivity index (χ1) is 7.13. The maximum Gasteiger partial charge on any atom is 0.270 e. The monoisotopic (exact) mass is 201 g/mol. The molecular weight excluding hydrogens is 194 g/mol. The number of aromatic amines is 1. The molecule has 0 aliphatic carbocycles. The van der Waals surface area contributed by atoms with Gasteiger partial charge in [0.1, 0.15) is 6.07 Å². The topological polar surface area (TPSA) is 82.7 Å². The molecular formula is C10H7N3O2. The lowest BCUT2D eigenvalue weighted by Crippen LogP contribution is -1.86. The van der Waals surface area contributed by atoms with Crippen molar-refractivity contribution in [2.75, 3.05) is 0 Å². The van der Waals surface area contributed by atoms with E-state index in [1.54, 1.807) is 13.0 Å². The molecule has 5 nitrogen and oxygen atoms in total. The summed E-state index contributed by atoms with van der Waals surface area (Å²) < 4.78 is 0. The number of nitro groups is 1. The van der Waals surface area contributed by atoms with E-state index < -0.39 is 4.92 Å². The third-order valence-corrected chi connectivity index (χ3v) is 2.29. The third-order valence-electron chi connectivity index (χ3n) is 2.29. The molecule has 15 heavy (non-hydrogen) atoms. The molecule has 1 aromatic heterocycles. The fourth-order valence-corrected chi connectivity index (χ4v) is 1.57. The minimum absolute atomic E-state index is 0.00185. The summed E-state index contributed by atoms with van der Waals surface area (Å²) in [7, 11) is 0. The average molecular weight is 201 g/mol. The van der Waals surface area contributed by atoms with E-state index in [4.69, 9.17) is 5.26 Å². The molecule has 0 aliphatic rings. The van der Waals surface area contributed by atoms with Crippen LogP contribution in [0.1, 0.15) is 11.3 Å². The lowest BCUT2D eigenvalue weighted by atomic mass is 10.1. The van der Waals surface area contributed by atoms with Crippen molar-refractivity contribution in [3.05, 3.63) is 39.6 Å². The van der Waals surface area contributed by atoms with E-state index in [9.17, 15) is 10.1 Å². The Bertz CT molecular complexity index is 592. The number of hydrogen-bond acceptors (Lipinski definition) is 3. The molecule has 0 bridgehead atoms. The number of nitrogens with zero attached hydrogens (tertiary/aromatic N) is 2. The number of aryl methyl sites for hydroxylation is 1. The molecule has 0 spiro atoms. The van der Waals surface area contributed by atoms with Gasteiger partial charge in [0, 0.05) is 28.7 Å². The van der Waals surface area contributed by atoms with Crippen LogP contribution in [0, 0.1) is 28.4 Å². The Hall–Kier alpha value is -2.35. The molecule has 0 amide bonds. The summed E-state index contributed by atoms with van der Waals surface area (Å²) in [5, 5.41) is 20.1. The van der Waals surface area contributed by atoms with Crippen LogP contribution >= 0.6 is 0 Å². The first kappa shape index (κ1) is 9.21. The number of hydrogen-bond donors (Lipinski definition) is 1. The van der Waals surface area contributed by atoms with Crippen LogP contribution < -0.4 is 0 Å². The van der Waals surface area contributed by atoms with Gasteiger partial charge in [0.05, 0.1) is 10.5 Å². The Morgan fingerprint density at radius 1 is 1.53 bits per heavy atom. The second-order valence-corrected chi connectivity index (χ2v) is 3.22. The molecule has 5 heteroatoms. The summed E-state index contributed by atoms with van der Waals surface area (Å²) in [6, 6.07) is 6.47. The number of rotatable bonds is 1. The number of aromatic nitrogens is 1. The van der Waals surface area contributed by atoms with Crippen LogP contribution in [-0.2, 0) is 0 Å². The van der Waals surface area contributed by atoms with Gasteiger partial charge in [-0.3, -0.25) is 10.1 Å². The van der Waals surface area contributed by atoms with Gasteiger partial charge in [0.15, 0.2) is 0 Å². The summed E-state index contributed by atoms with van der Waals surface area (Å²) in [5.41, 5.74) is 1.94. The molecule has 0 aliphatic heterocycles. The van der Waals surface area contributed by atoms with E-state index in [0.29, 0.717) is 10.9 Å².